The minimum absolute atomic E-state index is 0.331. The lowest BCUT2D eigenvalue weighted by molar-refractivity contribution is -0.133. The fraction of sp³-hybridized carbons (Fsp3) is 0.966. The first-order chi connectivity index (χ1) is 15.8. The van der Waals surface area contributed by atoms with Crippen molar-refractivity contribution in [2.24, 2.45) is 0 Å². The molecule has 1 atom stereocenters. The number of hydrogen-bond acceptors (Lipinski definition) is 2. The van der Waals surface area contributed by atoms with Crippen LogP contribution in [0.15, 0.2) is 0 Å². The molecule has 0 aromatic rings. The first kappa shape index (κ1) is 29.5. The van der Waals surface area contributed by atoms with E-state index in [1.54, 1.807) is 7.11 Å². The van der Waals surface area contributed by atoms with E-state index in [0.29, 0.717) is 18.6 Å². The zero-order chi connectivity index (χ0) is 23.1. The second-order valence-electron chi connectivity index (χ2n) is 10.3. The molecule has 0 N–H and O–H groups in total. The first-order valence-corrected chi connectivity index (χ1v) is 14.6. The van der Waals surface area contributed by atoms with Crippen molar-refractivity contribution in [1.29, 1.82) is 0 Å². The normalized spacial score (nSPS) is 16.2. The van der Waals surface area contributed by atoms with Gasteiger partial charge in [-0.25, -0.2) is 0 Å². The summed E-state index contributed by atoms with van der Waals surface area (Å²) in [5.41, 5.74) is 0. The topological polar surface area (TPSA) is 29.5 Å². The highest BCUT2D eigenvalue weighted by Crippen LogP contribution is 2.20. The molecule has 3 heteroatoms. The van der Waals surface area contributed by atoms with Gasteiger partial charge in [-0.1, -0.05) is 129 Å². The Morgan fingerprint density at radius 1 is 0.688 bits per heavy atom. The summed E-state index contributed by atoms with van der Waals surface area (Å²) in [6.07, 6.45) is 30.9. The third-order valence-corrected chi connectivity index (χ3v) is 7.30. The standard InChI is InChI=1S/C29H57NO2/c1-3-4-5-6-7-8-9-10-11-12-13-14-15-16-17-18-19-20-21-22-25-29(31)30-26-23-24-28(30)27-32-2/h28H,3-27H2,1-2H3. The van der Waals surface area contributed by atoms with Crippen LogP contribution in [0, 0.1) is 0 Å². The van der Waals surface area contributed by atoms with Crippen LogP contribution in [0.4, 0.5) is 0 Å². The molecule has 1 amide bonds. The van der Waals surface area contributed by atoms with Crippen LogP contribution >= 0.6 is 0 Å². The molecule has 1 rings (SSSR count). The van der Waals surface area contributed by atoms with Crippen LogP contribution in [0.2, 0.25) is 0 Å². The number of likely N-dealkylation sites (tertiary alicyclic amines) is 1. The van der Waals surface area contributed by atoms with E-state index in [2.05, 4.69) is 11.8 Å². The van der Waals surface area contributed by atoms with Crippen LogP contribution in [-0.4, -0.2) is 37.1 Å². The lowest BCUT2D eigenvalue weighted by Crippen LogP contribution is -2.37. The minimum Gasteiger partial charge on any atom is -0.383 e. The Bertz CT molecular complexity index is 412. The van der Waals surface area contributed by atoms with Gasteiger partial charge in [-0.05, 0) is 19.3 Å². The van der Waals surface area contributed by atoms with E-state index in [-0.39, 0.29) is 0 Å². The average molecular weight is 452 g/mol. The van der Waals surface area contributed by atoms with Crippen molar-refractivity contribution < 1.29 is 9.53 Å². The first-order valence-electron chi connectivity index (χ1n) is 14.6. The fourth-order valence-electron chi connectivity index (χ4n) is 5.20. The van der Waals surface area contributed by atoms with Gasteiger partial charge in [0.15, 0.2) is 0 Å². The molecule has 0 aromatic heterocycles. The number of ether oxygens (including phenoxy) is 1. The molecule has 0 saturated carbocycles. The van der Waals surface area contributed by atoms with E-state index < -0.39 is 0 Å². The summed E-state index contributed by atoms with van der Waals surface area (Å²) in [4.78, 5) is 14.5. The SMILES string of the molecule is CCCCCCCCCCCCCCCCCCCCCCC(=O)N1CCCC1COC. The van der Waals surface area contributed by atoms with Crippen molar-refractivity contribution in [3.8, 4) is 0 Å². The quantitative estimate of drug-likeness (QED) is 0.145. The molecule has 0 radical (unpaired) electrons. The second kappa shape index (κ2) is 22.2. The molecular weight excluding hydrogens is 394 g/mol. The molecule has 0 aromatic carbocycles. The van der Waals surface area contributed by atoms with Gasteiger partial charge < -0.3 is 9.64 Å². The van der Waals surface area contributed by atoms with Crippen molar-refractivity contribution in [3.05, 3.63) is 0 Å². The van der Waals surface area contributed by atoms with Crippen LogP contribution in [-0.2, 0) is 9.53 Å². The summed E-state index contributed by atoms with van der Waals surface area (Å²) in [7, 11) is 1.74. The van der Waals surface area contributed by atoms with Crippen molar-refractivity contribution >= 4 is 5.91 Å². The number of amides is 1. The summed E-state index contributed by atoms with van der Waals surface area (Å²) in [5.74, 6) is 0.354. The highest BCUT2D eigenvalue weighted by Gasteiger charge is 2.27. The van der Waals surface area contributed by atoms with Gasteiger partial charge in [0.05, 0.1) is 12.6 Å². The molecule has 1 heterocycles. The molecular formula is C29H57NO2. The molecule has 1 unspecified atom stereocenters. The maximum Gasteiger partial charge on any atom is 0.222 e. The Morgan fingerprint density at radius 3 is 1.50 bits per heavy atom. The maximum absolute atomic E-state index is 12.4. The van der Waals surface area contributed by atoms with Crippen LogP contribution in [0.1, 0.15) is 155 Å². The Morgan fingerprint density at radius 2 is 1.09 bits per heavy atom. The van der Waals surface area contributed by atoms with Gasteiger partial charge in [-0.15, -0.1) is 0 Å². The van der Waals surface area contributed by atoms with E-state index in [1.165, 1.54) is 122 Å². The predicted molar refractivity (Wildman–Crippen MR) is 139 cm³/mol. The van der Waals surface area contributed by atoms with E-state index in [0.717, 1.165) is 32.2 Å². The Kier molecular flexibility index (Phi) is 20.5. The van der Waals surface area contributed by atoms with Gasteiger partial charge in [-0.3, -0.25) is 4.79 Å². The van der Waals surface area contributed by atoms with Crippen LogP contribution in [0.5, 0.6) is 0 Å². The van der Waals surface area contributed by atoms with Crippen LogP contribution < -0.4 is 0 Å². The molecule has 1 fully saturated rings. The molecule has 1 aliphatic heterocycles. The minimum atomic E-state index is 0.331. The molecule has 1 aliphatic rings. The van der Waals surface area contributed by atoms with Crippen molar-refractivity contribution in [3.63, 3.8) is 0 Å². The van der Waals surface area contributed by atoms with E-state index in [4.69, 9.17) is 4.74 Å². The highest BCUT2D eigenvalue weighted by molar-refractivity contribution is 5.76. The average Bonchev–Trinajstić information content (AvgIpc) is 3.26. The molecule has 0 spiro atoms. The number of rotatable bonds is 23. The van der Waals surface area contributed by atoms with E-state index in [1.807, 2.05) is 0 Å². The third-order valence-electron chi connectivity index (χ3n) is 7.30. The molecule has 32 heavy (non-hydrogen) atoms. The van der Waals surface area contributed by atoms with E-state index >= 15 is 0 Å². The van der Waals surface area contributed by atoms with Crippen molar-refractivity contribution in [1.82, 2.24) is 4.90 Å². The fourth-order valence-corrected chi connectivity index (χ4v) is 5.20. The Labute approximate surface area is 201 Å². The number of carbonyl (C=O) groups is 1. The maximum atomic E-state index is 12.4. The van der Waals surface area contributed by atoms with Gasteiger partial charge in [0.1, 0.15) is 0 Å². The number of unbranched alkanes of at least 4 members (excludes halogenated alkanes) is 19. The molecule has 0 aliphatic carbocycles. The molecule has 1 saturated heterocycles. The third kappa shape index (κ3) is 16.1. The highest BCUT2D eigenvalue weighted by atomic mass is 16.5. The smallest absolute Gasteiger partial charge is 0.222 e. The number of carbonyl (C=O) groups excluding carboxylic acids is 1. The zero-order valence-electron chi connectivity index (χ0n) is 22.0. The second-order valence-corrected chi connectivity index (χ2v) is 10.3. The summed E-state index contributed by atoms with van der Waals surface area (Å²) in [6.45, 7) is 3.93. The number of hydrogen-bond donors (Lipinski definition) is 0. The molecule has 3 nitrogen and oxygen atoms in total. The number of methoxy groups -OCH3 is 1. The molecule has 190 valence electrons. The number of nitrogens with zero attached hydrogens (tertiary/aromatic N) is 1. The monoisotopic (exact) mass is 451 g/mol. The Hall–Kier alpha value is -0.570. The lowest BCUT2D eigenvalue weighted by Gasteiger charge is -2.24. The van der Waals surface area contributed by atoms with Crippen LogP contribution in [0.3, 0.4) is 0 Å². The van der Waals surface area contributed by atoms with Gasteiger partial charge >= 0.3 is 0 Å². The predicted octanol–water partition coefficient (Wildman–Crippen LogP) is 8.84. The van der Waals surface area contributed by atoms with Crippen LogP contribution in [0.25, 0.3) is 0 Å². The Balaban J connectivity index is 1.74. The van der Waals surface area contributed by atoms with Gasteiger partial charge in [0.2, 0.25) is 5.91 Å². The summed E-state index contributed by atoms with van der Waals surface area (Å²) in [6, 6.07) is 0.331. The van der Waals surface area contributed by atoms with E-state index in [9.17, 15) is 4.79 Å². The summed E-state index contributed by atoms with van der Waals surface area (Å²) >= 11 is 0. The van der Waals surface area contributed by atoms with Gasteiger partial charge in [0.25, 0.3) is 0 Å². The molecule has 0 bridgehead atoms. The lowest BCUT2D eigenvalue weighted by atomic mass is 10.0. The summed E-state index contributed by atoms with van der Waals surface area (Å²) < 4.78 is 5.26. The summed E-state index contributed by atoms with van der Waals surface area (Å²) in [5, 5.41) is 0. The zero-order valence-corrected chi connectivity index (χ0v) is 22.0. The van der Waals surface area contributed by atoms with Crippen molar-refractivity contribution in [2.45, 2.75) is 161 Å². The van der Waals surface area contributed by atoms with Crippen molar-refractivity contribution in [2.75, 3.05) is 20.3 Å². The van der Waals surface area contributed by atoms with Gasteiger partial charge in [-0.2, -0.15) is 0 Å². The largest absolute Gasteiger partial charge is 0.383 e. The van der Waals surface area contributed by atoms with Gasteiger partial charge in [0, 0.05) is 20.1 Å².